The number of thiophene rings is 1. The van der Waals surface area contributed by atoms with Crippen molar-refractivity contribution in [1.82, 2.24) is 4.57 Å². The lowest BCUT2D eigenvalue weighted by Gasteiger charge is -2.30. The molecular formula is C52H35N3S. The Morgan fingerprint density at radius 2 is 0.857 bits per heavy atom. The SMILES string of the molecule is c1ccc(N(c2ccccc2)c2cc(N(c3ccccc3)c3ccccc3)c3c4ccccc4n(-c4ccc5c(c4)sc4cc6ccccc6cc45)c3c2)cc1. The number of para-hydroxylation sites is 5. The minimum atomic E-state index is 1.07. The predicted octanol–water partition coefficient (Wildman–Crippen LogP) is 15.2. The summed E-state index contributed by atoms with van der Waals surface area (Å²) in [4.78, 5) is 4.79. The molecule has 9 aromatic carbocycles. The Kier molecular flexibility index (Phi) is 7.68. The van der Waals surface area contributed by atoms with E-state index in [1.165, 1.54) is 47.2 Å². The molecule has 2 aromatic heterocycles. The molecule has 0 saturated heterocycles. The normalized spacial score (nSPS) is 11.6. The molecule has 264 valence electrons. The largest absolute Gasteiger partial charge is 0.310 e. The standard InChI is InChI=1S/C52H35N3S/c1-5-19-38(20-6-1)53(39-21-7-2-8-22-39)43-33-48(54(40-23-9-3-10-24-40)41-25-11-4-12-26-41)52-45-27-15-16-28-47(45)55(49(52)34-43)42-29-30-44-46-31-36-17-13-14-18-37(36)32-50(46)56-51(44)35-42/h1-35H. The van der Waals surface area contributed by atoms with Gasteiger partial charge < -0.3 is 14.4 Å². The Morgan fingerprint density at radius 1 is 0.339 bits per heavy atom. The van der Waals surface area contributed by atoms with E-state index in [4.69, 9.17) is 0 Å². The molecule has 0 atom stereocenters. The van der Waals surface area contributed by atoms with Crippen molar-refractivity contribution in [3.8, 4) is 5.69 Å². The van der Waals surface area contributed by atoms with Gasteiger partial charge in [-0.3, -0.25) is 0 Å². The van der Waals surface area contributed by atoms with Crippen LogP contribution in [0.15, 0.2) is 212 Å². The van der Waals surface area contributed by atoms with Gasteiger partial charge in [0, 0.05) is 59.4 Å². The second-order valence-corrected chi connectivity index (χ2v) is 15.3. The Morgan fingerprint density at radius 3 is 1.48 bits per heavy atom. The quantitative estimate of drug-likeness (QED) is 0.162. The molecular weight excluding hydrogens is 699 g/mol. The maximum Gasteiger partial charge on any atom is 0.0583 e. The van der Waals surface area contributed by atoms with Gasteiger partial charge in [0.2, 0.25) is 0 Å². The van der Waals surface area contributed by atoms with Crippen LogP contribution in [0.3, 0.4) is 0 Å². The first-order valence-corrected chi connectivity index (χ1v) is 19.8. The molecule has 11 aromatic rings. The van der Waals surface area contributed by atoms with Gasteiger partial charge in [0.1, 0.15) is 0 Å². The highest BCUT2D eigenvalue weighted by Gasteiger charge is 2.25. The van der Waals surface area contributed by atoms with Crippen LogP contribution in [0.25, 0.3) is 58.4 Å². The highest BCUT2D eigenvalue weighted by atomic mass is 32.1. The molecule has 2 heterocycles. The lowest BCUT2D eigenvalue weighted by Crippen LogP contribution is -2.14. The highest BCUT2D eigenvalue weighted by Crippen LogP contribution is 2.48. The molecule has 0 aliphatic rings. The molecule has 56 heavy (non-hydrogen) atoms. The Bertz CT molecular complexity index is 3110. The van der Waals surface area contributed by atoms with Gasteiger partial charge in [-0.1, -0.05) is 121 Å². The number of aromatic nitrogens is 1. The molecule has 0 amide bonds. The van der Waals surface area contributed by atoms with Crippen molar-refractivity contribution in [3.63, 3.8) is 0 Å². The second kappa shape index (κ2) is 13.3. The smallest absolute Gasteiger partial charge is 0.0583 e. The molecule has 0 aliphatic heterocycles. The van der Waals surface area contributed by atoms with Gasteiger partial charge >= 0.3 is 0 Å². The maximum absolute atomic E-state index is 2.47. The molecule has 0 N–H and O–H groups in total. The Hall–Kier alpha value is -7.14. The zero-order valence-electron chi connectivity index (χ0n) is 30.5. The average molecular weight is 734 g/mol. The summed E-state index contributed by atoms with van der Waals surface area (Å²) in [5.41, 5.74) is 10.0. The van der Waals surface area contributed by atoms with Crippen LogP contribution in [0, 0.1) is 0 Å². The predicted molar refractivity (Wildman–Crippen MR) is 241 cm³/mol. The van der Waals surface area contributed by atoms with Crippen LogP contribution in [-0.4, -0.2) is 4.57 Å². The van der Waals surface area contributed by atoms with E-state index in [0.717, 1.165) is 45.3 Å². The summed E-state index contributed by atoms with van der Waals surface area (Å²) in [6, 6.07) is 76.9. The molecule has 3 nitrogen and oxygen atoms in total. The first-order chi connectivity index (χ1) is 27.8. The van der Waals surface area contributed by atoms with Crippen LogP contribution in [-0.2, 0) is 0 Å². The summed E-state index contributed by atoms with van der Waals surface area (Å²) in [6.07, 6.45) is 0. The van der Waals surface area contributed by atoms with E-state index in [0.29, 0.717) is 0 Å². The summed E-state index contributed by atoms with van der Waals surface area (Å²) < 4.78 is 5.06. The fourth-order valence-corrected chi connectivity index (χ4v) is 9.58. The van der Waals surface area contributed by atoms with E-state index in [9.17, 15) is 0 Å². The van der Waals surface area contributed by atoms with Crippen molar-refractivity contribution in [3.05, 3.63) is 212 Å². The van der Waals surface area contributed by atoms with Gasteiger partial charge in [-0.05, 0) is 102 Å². The molecule has 0 spiro atoms. The molecule has 0 unspecified atom stereocenters. The number of nitrogens with zero attached hydrogens (tertiary/aromatic N) is 3. The van der Waals surface area contributed by atoms with Crippen LogP contribution < -0.4 is 9.80 Å². The van der Waals surface area contributed by atoms with Gasteiger partial charge in [0.05, 0.1) is 22.4 Å². The maximum atomic E-state index is 2.47. The van der Waals surface area contributed by atoms with E-state index < -0.39 is 0 Å². The van der Waals surface area contributed by atoms with Crippen molar-refractivity contribution in [1.29, 1.82) is 0 Å². The molecule has 11 rings (SSSR count). The molecule has 0 saturated carbocycles. The summed E-state index contributed by atoms with van der Waals surface area (Å²) in [7, 11) is 0. The van der Waals surface area contributed by atoms with Crippen LogP contribution in [0.2, 0.25) is 0 Å². The van der Waals surface area contributed by atoms with Crippen molar-refractivity contribution in [2.24, 2.45) is 0 Å². The third-order valence-corrected chi connectivity index (χ3v) is 12.0. The second-order valence-electron chi connectivity index (χ2n) is 14.2. The number of rotatable bonds is 7. The third kappa shape index (κ3) is 5.34. The number of hydrogen-bond donors (Lipinski definition) is 0. The minimum Gasteiger partial charge on any atom is -0.310 e. The number of benzene rings is 9. The van der Waals surface area contributed by atoms with E-state index in [2.05, 4.69) is 227 Å². The molecule has 4 heteroatoms. The van der Waals surface area contributed by atoms with Crippen molar-refractivity contribution in [2.45, 2.75) is 0 Å². The first-order valence-electron chi connectivity index (χ1n) is 19.0. The monoisotopic (exact) mass is 733 g/mol. The van der Waals surface area contributed by atoms with Crippen molar-refractivity contribution >= 4 is 98.2 Å². The summed E-state index contributed by atoms with van der Waals surface area (Å²) in [5, 5.41) is 7.55. The molecule has 0 aliphatic carbocycles. The fraction of sp³-hybridized carbons (Fsp3) is 0. The number of fused-ring (bicyclic) bond motifs is 7. The molecule has 0 fully saturated rings. The molecule has 0 bridgehead atoms. The van der Waals surface area contributed by atoms with Crippen LogP contribution in [0.4, 0.5) is 34.1 Å². The van der Waals surface area contributed by atoms with Gasteiger partial charge in [-0.15, -0.1) is 11.3 Å². The number of anilines is 6. The Labute approximate surface area is 329 Å². The fourth-order valence-electron chi connectivity index (χ4n) is 8.42. The van der Waals surface area contributed by atoms with Crippen LogP contribution >= 0.6 is 11.3 Å². The zero-order valence-corrected chi connectivity index (χ0v) is 31.3. The lowest BCUT2D eigenvalue weighted by molar-refractivity contribution is 1.18. The van der Waals surface area contributed by atoms with Gasteiger partial charge in [-0.25, -0.2) is 0 Å². The number of hydrogen-bond acceptors (Lipinski definition) is 3. The topological polar surface area (TPSA) is 11.4 Å². The zero-order chi connectivity index (χ0) is 37.0. The van der Waals surface area contributed by atoms with Crippen LogP contribution in [0.5, 0.6) is 0 Å². The van der Waals surface area contributed by atoms with Gasteiger partial charge in [0.25, 0.3) is 0 Å². The minimum absolute atomic E-state index is 1.07. The summed E-state index contributed by atoms with van der Waals surface area (Å²) >= 11 is 1.87. The van der Waals surface area contributed by atoms with E-state index in [1.807, 2.05) is 11.3 Å². The average Bonchev–Trinajstić information content (AvgIpc) is 3.79. The summed E-state index contributed by atoms with van der Waals surface area (Å²) in [5.74, 6) is 0. The summed E-state index contributed by atoms with van der Waals surface area (Å²) in [6.45, 7) is 0. The van der Waals surface area contributed by atoms with Gasteiger partial charge in [-0.2, -0.15) is 0 Å². The van der Waals surface area contributed by atoms with E-state index in [1.54, 1.807) is 0 Å². The molecule has 0 radical (unpaired) electrons. The highest BCUT2D eigenvalue weighted by molar-refractivity contribution is 7.25. The Balaban J connectivity index is 1.25. The van der Waals surface area contributed by atoms with Crippen molar-refractivity contribution in [2.75, 3.05) is 9.80 Å². The third-order valence-electron chi connectivity index (χ3n) is 10.9. The van der Waals surface area contributed by atoms with E-state index in [-0.39, 0.29) is 0 Å². The lowest BCUT2D eigenvalue weighted by atomic mass is 10.1. The van der Waals surface area contributed by atoms with Crippen LogP contribution in [0.1, 0.15) is 0 Å². The van der Waals surface area contributed by atoms with E-state index >= 15 is 0 Å². The van der Waals surface area contributed by atoms with Gasteiger partial charge in [0.15, 0.2) is 0 Å². The first kappa shape index (κ1) is 32.3. The van der Waals surface area contributed by atoms with Crippen molar-refractivity contribution < 1.29 is 0 Å².